The third-order valence-corrected chi connectivity index (χ3v) is 6.93. The Hall–Kier alpha value is -4.13. The van der Waals surface area contributed by atoms with E-state index in [0.717, 1.165) is 33.8 Å². The molecule has 1 aliphatic carbocycles. The molecule has 0 unspecified atom stereocenters. The highest BCUT2D eigenvalue weighted by atomic mass is 16.5. The van der Waals surface area contributed by atoms with E-state index in [1.807, 2.05) is 60.7 Å². The fourth-order valence-electron chi connectivity index (χ4n) is 5.21. The van der Waals surface area contributed by atoms with Gasteiger partial charge in [-0.15, -0.1) is 0 Å². The van der Waals surface area contributed by atoms with Gasteiger partial charge in [-0.2, -0.15) is 0 Å². The SMILES string of the molecule is COc1ccc([C@@H]2CC(=O)C3=C(C2)Nc2ccccc2N[C@H]3c2cccc(OC)c2OC)cc1OC. The number of carbonyl (C=O) groups is 1. The summed E-state index contributed by atoms with van der Waals surface area (Å²) in [4.78, 5) is 13.9. The molecule has 0 bridgehead atoms. The summed E-state index contributed by atoms with van der Waals surface area (Å²) in [6.07, 6.45) is 1.06. The highest BCUT2D eigenvalue weighted by Gasteiger charge is 2.37. The molecule has 3 aromatic rings. The second-order valence-corrected chi connectivity index (χ2v) is 8.87. The van der Waals surface area contributed by atoms with E-state index in [4.69, 9.17) is 18.9 Å². The predicted octanol–water partition coefficient (Wildman–Crippen LogP) is 5.70. The van der Waals surface area contributed by atoms with Crippen molar-refractivity contribution in [3.8, 4) is 23.0 Å². The third kappa shape index (κ3) is 4.11. The number of ether oxygens (including phenoxy) is 4. The lowest BCUT2D eigenvalue weighted by Crippen LogP contribution is -2.27. The first-order chi connectivity index (χ1) is 17.6. The van der Waals surface area contributed by atoms with Crippen LogP contribution >= 0.6 is 0 Å². The number of anilines is 2. The number of para-hydroxylation sites is 3. The molecule has 0 saturated carbocycles. The van der Waals surface area contributed by atoms with Crippen molar-refractivity contribution in [1.29, 1.82) is 0 Å². The standard InChI is InChI=1S/C29H30N2O5/c1-33-24-13-12-17(16-26(24)35-3)18-14-22-27(23(32)15-18)28(31-21-10-6-5-9-20(21)30-22)19-8-7-11-25(34-2)29(19)36-4/h5-13,16,18,28,30-31H,14-15H2,1-4H3/t18-,28-/m0/s1. The van der Waals surface area contributed by atoms with Gasteiger partial charge < -0.3 is 29.6 Å². The van der Waals surface area contributed by atoms with Gasteiger partial charge >= 0.3 is 0 Å². The van der Waals surface area contributed by atoms with Gasteiger partial charge in [0.25, 0.3) is 0 Å². The van der Waals surface area contributed by atoms with Crippen LogP contribution in [0, 0.1) is 0 Å². The Morgan fingerprint density at radius 1 is 0.750 bits per heavy atom. The maximum Gasteiger partial charge on any atom is 0.166 e. The van der Waals surface area contributed by atoms with E-state index in [0.29, 0.717) is 35.8 Å². The van der Waals surface area contributed by atoms with Crippen LogP contribution < -0.4 is 29.6 Å². The summed E-state index contributed by atoms with van der Waals surface area (Å²) in [6.45, 7) is 0. The minimum absolute atomic E-state index is 0.00155. The number of benzene rings is 3. The number of methoxy groups -OCH3 is 4. The van der Waals surface area contributed by atoms with E-state index in [1.165, 1.54) is 0 Å². The molecule has 3 aromatic carbocycles. The molecule has 0 spiro atoms. The number of hydrogen-bond acceptors (Lipinski definition) is 7. The number of ketones is 1. The van der Waals surface area contributed by atoms with Gasteiger partial charge in [0.2, 0.25) is 0 Å². The van der Waals surface area contributed by atoms with Gasteiger partial charge in [0.05, 0.1) is 45.9 Å². The van der Waals surface area contributed by atoms with Crippen LogP contribution in [0.5, 0.6) is 23.0 Å². The second-order valence-electron chi connectivity index (χ2n) is 8.87. The largest absolute Gasteiger partial charge is 0.493 e. The van der Waals surface area contributed by atoms with E-state index < -0.39 is 6.04 Å². The molecule has 0 radical (unpaired) electrons. The van der Waals surface area contributed by atoms with E-state index in [1.54, 1.807) is 28.4 Å². The summed E-state index contributed by atoms with van der Waals surface area (Å²) in [6, 6.07) is 19.2. The summed E-state index contributed by atoms with van der Waals surface area (Å²) in [5, 5.41) is 7.18. The van der Waals surface area contributed by atoms with Crippen molar-refractivity contribution < 1.29 is 23.7 Å². The number of rotatable bonds is 6. The minimum atomic E-state index is -0.403. The fourth-order valence-corrected chi connectivity index (χ4v) is 5.21. The molecule has 2 atom stereocenters. The summed E-state index contributed by atoms with van der Waals surface area (Å²) in [5.74, 6) is 2.64. The van der Waals surface area contributed by atoms with Gasteiger partial charge in [0.1, 0.15) is 0 Å². The van der Waals surface area contributed by atoms with Crippen LogP contribution in [0.25, 0.3) is 0 Å². The van der Waals surface area contributed by atoms with Crippen LogP contribution in [0.4, 0.5) is 11.4 Å². The molecule has 0 aromatic heterocycles. The Bertz CT molecular complexity index is 1330. The first-order valence-corrected chi connectivity index (χ1v) is 11.9. The molecule has 0 amide bonds. The number of Topliss-reactive ketones (excluding diaryl/α,β-unsaturated/α-hetero) is 1. The number of allylic oxidation sites excluding steroid dienone is 1. The molecule has 2 aliphatic rings. The smallest absolute Gasteiger partial charge is 0.166 e. The zero-order valence-electron chi connectivity index (χ0n) is 20.9. The summed E-state index contributed by atoms with van der Waals surface area (Å²) >= 11 is 0. The van der Waals surface area contributed by atoms with Crippen LogP contribution in [0.15, 0.2) is 71.9 Å². The van der Waals surface area contributed by atoms with Crippen LogP contribution in [-0.4, -0.2) is 34.2 Å². The molecule has 0 saturated heterocycles. The van der Waals surface area contributed by atoms with E-state index in [-0.39, 0.29) is 11.7 Å². The molecule has 7 nitrogen and oxygen atoms in total. The lowest BCUT2D eigenvalue weighted by Gasteiger charge is -2.30. The predicted molar refractivity (Wildman–Crippen MR) is 140 cm³/mol. The molecule has 1 heterocycles. The van der Waals surface area contributed by atoms with Gasteiger partial charge in [-0.1, -0.05) is 30.3 Å². The van der Waals surface area contributed by atoms with Crippen molar-refractivity contribution in [2.45, 2.75) is 24.8 Å². The van der Waals surface area contributed by atoms with Crippen LogP contribution in [0.1, 0.15) is 35.9 Å². The van der Waals surface area contributed by atoms with Gasteiger partial charge in [0.15, 0.2) is 28.8 Å². The number of nitrogens with one attached hydrogen (secondary N) is 2. The molecule has 36 heavy (non-hydrogen) atoms. The van der Waals surface area contributed by atoms with Gasteiger partial charge in [-0.25, -0.2) is 0 Å². The Labute approximate surface area is 211 Å². The quantitative estimate of drug-likeness (QED) is 0.463. The normalized spacial score (nSPS) is 18.7. The Balaban J connectivity index is 1.62. The molecular weight excluding hydrogens is 456 g/mol. The van der Waals surface area contributed by atoms with Crippen LogP contribution in [0.2, 0.25) is 0 Å². The Morgan fingerprint density at radius 2 is 1.50 bits per heavy atom. The summed E-state index contributed by atoms with van der Waals surface area (Å²) in [7, 11) is 6.47. The van der Waals surface area contributed by atoms with Crippen molar-refractivity contribution in [3.05, 3.63) is 83.1 Å². The van der Waals surface area contributed by atoms with Crippen molar-refractivity contribution in [1.82, 2.24) is 0 Å². The summed E-state index contributed by atoms with van der Waals surface area (Å²) < 4.78 is 22.2. The number of carbonyl (C=O) groups excluding carboxylic acids is 1. The Kier molecular flexibility index (Phi) is 6.46. The van der Waals surface area contributed by atoms with Crippen molar-refractivity contribution in [3.63, 3.8) is 0 Å². The molecule has 7 heteroatoms. The first kappa shape index (κ1) is 23.6. The molecule has 2 N–H and O–H groups in total. The molecule has 186 valence electrons. The monoisotopic (exact) mass is 486 g/mol. The number of fused-ring (bicyclic) bond motifs is 1. The van der Waals surface area contributed by atoms with E-state index >= 15 is 0 Å². The average Bonchev–Trinajstić information content (AvgIpc) is 3.08. The highest BCUT2D eigenvalue weighted by Crippen LogP contribution is 2.47. The molecular formula is C29H30N2O5. The van der Waals surface area contributed by atoms with Gasteiger partial charge in [0, 0.05) is 23.3 Å². The first-order valence-electron chi connectivity index (χ1n) is 11.9. The van der Waals surface area contributed by atoms with Crippen LogP contribution in [-0.2, 0) is 4.79 Å². The Morgan fingerprint density at radius 3 is 2.22 bits per heavy atom. The molecule has 5 rings (SSSR count). The molecule has 0 fully saturated rings. The maximum atomic E-state index is 13.9. The third-order valence-electron chi connectivity index (χ3n) is 6.93. The highest BCUT2D eigenvalue weighted by molar-refractivity contribution is 6.01. The van der Waals surface area contributed by atoms with Crippen molar-refractivity contribution >= 4 is 17.2 Å². The van der Waals surface area contributed by atoms with Crippen molar-refractivity contribution in [2.75, 3.05) is 39.1 Å². The fraction of sp³-hybridized carbons (Fsp3) is 0.276. The average molecular weight is 487 g/mol. The topological polar surface area (TPSA) is 78.1 Å². The lowest BCUT2D eigenvalue weighted by atomic mass is 9.78. The maximum absolute atomic E-state index is 13.9. The lowest BCUT2D eigenvalue weighted by molar-refractivity contribution is -0.116. The van der Waals surface area contributed by atoms with Gasteiger partial charge in [-0.3, -0.25) is 4.79 Å². The van der Waals surface area contributed by atoms with E-state index in [9.17, 15) is 4.79 Å². The summed E-state index contributed by atoms with van der Waals surface area (Å²) in [5.41, 5.74) is 5.34. The van der Waals surface area contributed by atoms with Gasteiger partial charge in [-0.05, 0) is 48.2 Å². The second kappa shape index (κ2) is 9.85. The van der Waals surface area contributed by atoms with Crippen molar-refractivity contribution in [2.24, 2.45) is 0 Å². The molecule has 1 aliphatic heterocycles. The minimum Gasteiger partial charge on any atom is -0.493 e. The zero-order chi connectivity index (χ0) is 25.2. The van der Waals surface area contributed by atoms with Crippen LogP contribution in [0.3, 0.4) is 0 Å². The van der Waals surface area contributed by atoms with E-state index in [2.05, 4.69) is 10.6 Å². The number of hydrogen-bond donors (Lipinski definition) is 2. The zero-order valence-corrected chi connectivity index (χ0v) is 20.9.